The van der Waals surface area contributed by atoms with Crippen molar-refractivity contribution in [3.63, 3.8) is 0 Å². The fourth-order valence-electron chi connectivity index (χ4n) is 1.81. The van der Waals surface area contributed by atoms with Crippen molar-refractivity contribution in [1.82, 2.24) is 9.78 Å². The molecule has 0 spiro atoms. The largest absolute Gasteiger partial charge is 0.508 e. The molecule has 0 saturated carbocycles. The van der Waals surface area contributed by atoms with E-state index >= 15 is 0 Å². The first-order chi connectivity index (χ1) is 8.72. The van der Waals surface area contributed by atoms with Crippen LogP contribution in [0.3, 0.4) is 0 Å². The lowest BCUT2D eigenvalue weighted by atomic mass is 10.3. The summed E-state index contributed by atoms with van der Waals surface area (Å²) in [6, 6.07) is 9.52. The molecule has 0 radical (unpaired) electrons. The van der Waals surface area contributed by atoms with Gasteiger partial charge >= 0.3 is 0 Å². The first kappa shape index (κ1) is 13.0. The lowest BCUT2D eigenvalue weighted by Crippen LogP contribution is -2.01. The summed E-state index contributed by atoms with van der Waals surface area (Å²) in [4.78, 5) is 1.08. The second-order valence-corrected chi connectivity index (χ2v) is 5.13. The Morgan fingerprint density at radius 2 is 2.11 bits per heavy atom. The highest BCUT2D eigenvalue weighted by Gasteiger charge is 2.06. The maximum absolute atomic E-state index is 9.42. The molecule has 0 fully saturated rings. The van der Waals surface area contributed by atoms with Crippen LogP contribution in [0, 0.1) is 0 Å². The summed E-state index contributed by atoms with van der Waals surface area (Å²) in [5, 5.41) is 14.0. The molecule has 3 nitrogen and oxygen atoms in total. The van der Waals surface area contributed by atoms with E-state index in [1.807, 2.05) is 12.1 Å². The van der Waals surface area contributed by atoms with E-state index in [2.05, 4.69) is 29.7 Å². The number of aromatic nitrogens is 2. The Hall–Kier alpha value is -1.42. The topological polar surface area (TPSA) is 38.0 Å². The number of phenolic OH excluding ortho intramolecular Hbond substituents is 1. The van der Waals surface area contributed by atoms with E-state index in [4.69, 9.17) is 0 Å². The summed E-state index contributed by atoms with van der Waals surface area (Å²) in [6.07, 6.45) is 0.969. The van der Waals surface area contributed by atoms with Gasteiger partial charge in [0.15, 0.2) is 0 Å². The molecular formula is C14H18N2OS. The van der Waals surface area contributed by atoms with Gasteiger partial charge in [-0.3, -0.25) is 4.68 Å². The number of hydrogen-bond donors (Lipinski definition) is 1. The second kappa shape index (κ2) is 5.96. The van der Waals surface area contributed by atoms with Crippen LogP contribution in [0.2, 0.25) is 0 Å². The molecular weight excluding hydrogens is 244 g/mol. The van der Waals surface area contributed by atoms with Gasteiger partial charge in [-0.1, -0.05) is 13.0 Å². The first-order valence-electron chi connectivity index (χ1n) is 6.20. The predicted octanol–water partition coefficient (Wildman–Crippen LogP) is 3.46. The van der Waals surface area contributed by atoms with Gasteiger partial charge in [-0.25, -0.2) is 0 Å². The maximum atomic E-state index is 9.42. The van der Waals surface area contributed by atoms with Crippen LogP contribution in [-0.2, 0) is 18.7 Å². The second-order valence-electron chi connectivity index (χ2n) is 4.08. The zero-order valence-corrected chi connectivity index (χ0v) is 11.6. The number of benzene rings is 1. The number of phenols is 1. The van der Waals surface area contributed by atoms with Gasteiger partial charge in [0.1, 0.15) is 5.75 Å². The third kappa shape index (κ3) is 3.07. The minimum atomic E-state index is 0.318. The number of hydrogen-bond acceptors (Lipinski definition) is 3. The monoisotopic (exact) mass is 262 g/mol. The van der Waals surface area contributed by atoms with Gasteiger partial charge in [0, 0.05) is 22.9 Å². The van der Waals surface area contributed by atoms with Crippen molar-refractivity contribution >= 4 is 11.8 Å². The Bertz CT molecular complexity index is 522. The fraction of sp³-hybridized carbons (Fsp3) is 0.357. The smallest absolute Gasteiger partial charge is 0.116 e. The fourth-order valence-corrected chi connectivity index (χ4v) is 2.73. The highest BCUT2D eigenvalue weighted by atomic mass is 32.2. The Morgan fingerprint density at radius 3 is 2.78 bits per heavy atom. The molecule has 0 unspecified atom stereocenters. The van der Waals surface area contributed by atoms with E-state index in [0.29, 0.717) is 5.75 Å². The number of aryl methyl sites for hydroxylation is 2. The van der Waals surface area contributed by atoms with Crippen LogP contribution in [0.15, 0.2) is 35.2 Å². The summed E-state index contributed by atoms with van der Waals surface area (Å²) < 4.78 is 2.05. The van der Waals surface area contributed by atoms with E-state index in [1.165, 1.54) is 5.69 Å². The average molecular weight is 262 g/mol. The van der Waals surface area contributed by atoms with E-state index in [1.54, 1.807) is 23.9 Å². The van der Waals surface area contributed by atoms with Crippen molar-refractivity contribution < 1.29 is 5.11 Å². The molecule has 2 rings (SSSR count). The minimum absolute atomic E-state index is 0.318. The highest BCUT2D eigenvalue weighted by Crippen LogP contribution is 2.25. The van der Waals surface area contributed by atoms with Crippen LogP contribution in [-0.4, -0.2) is 14.9 Å². The molecule has 0 aliphatic rings. The molecule has 18 heavy (non-hydrogen) atoms. The van der Waals surface area contributed by atoms with E-state index in [9.17, 15) is 5.11 Å². The SMILES string of the molecule is CCc1cc(CSc2cccc(O)c2)n(CC)n1. The summed E-state index contributed by atoms with van der Waals surface area (Å²) in [6.45, 7) is 5.12. The normalized spacial score (nSPS) is 10.8. The maximum Gasteiger partial charge on any atom is 0.116 e. The van der Waals surface area contributed by atoms with Crippen LogP contribution in [0.1, 0.15) is 25.2 Å². The average Bonchev–Trinajstić information content (AvgIpc) is 2.79. The quantitative estimate of drug-likeness (QED) is 0.839. The number of rotatable bonds is 5. The molecule has 0 aliphatic heterocycles. The predicted molar refractivity (Wildman–Crippen MR) is 74.9 cm³/mol. The van der Waals surface area contributed by atoms with E-state index < -0.39 is 0 Å². The van der Waals surface area contributed by atoms with Crippen LogP contribution in [0.4, 0.5) is 0 Å². The molecule has 4 heteroatoms. The van der Waals surface area contributed by atoms with Crippen molar-refractivity contribution in [2.45, 2.75) is 37.5 Å². The molecule has 1 N–H and O–H groups in total. The zero-order chi connectivity index (χ0) is 13.0. The van der Waals surface area contributed by atoms with Gasteiger partial charge < -0.3 is 5.11 Å². The third-order valence-electron chi connectivity index (χ3n) is 2.78. The Morgan fingerprint density at radius 1 is 1.28 bits per heavy atom. The Balaban J connectivity index is 2.07. The van der Waals surface area contributed by atoms with Crippen molar-refractivity contribution in [1.29, 1.82) is 0 Å². The molecule has 1 aromatic heterocycles. The summed E-state index contributed by atoms with van der Waals surface area (Å²) in [7, 11) is 0. The van der Waals surface area contributed by atoms with Crippen LogP contribution < -0.4 is 0 Å². The van der Waals surface area contributed by atoms with Gasteiger partial charge in [-0.05, 0) is 37.6 Å². The van der Waals surface area contributed by atoms with Crippen LogP contribution in [0.5, 0.6) is 5.75 Å². The molecule has 0 atom stereocenters. The molecule has 1 heterocycles. The van der Waals surface area contributed by atoms with Crippen LogP contribution >= 0.6 is 11.8 Å². The Kier molecular flexibility index (Phi) is 4.31. The Labute approximate surface area is 112 Å². The number of thioether (sulfide) groups is 1. The first-order valence-corrected chi connectivity index (χ1v) is 7.19. The van der Waals surface area contributed by atoms with Gasteiger partial charge in [-0.2, -0.15) is 5.10 Å². The number of nitrogens with zero attached hydrogens (tertiary/aromatic N) is 2. The zero-order valence-electron chi connectivity index (χ0n) is 10.8. The molecule has 0 aliphatic carbocycles. The standard InChI is InChI=1S/C14H18N2OS/c1-3-11-8-12(16(4-2)15-11)10-18-14-7-5-6-13(17)9-14/h5-9,17H,3-4,10H2,1-2H3. The molecule has 2 aromatic rings. The van der Waals surface area contributed by atoms with Crippen molar-refractivity contribution in [3.05, 3.63) is 41.7 Å². The summed E-state index contributed by atoms with van der Waals surface area (Å²) >= 11 is 1.72. The lowest BCUT2D eigenvalue weighted by molar-refractivity contribution is 0.474. The molecule has 1 aromatic carbocycles. The molecule has 96 valence electrons. The van der Waals surface area contributed by atoms with Crippen molar-refractivity contribution in [3.8, 4) is 5.75 Å². The summed E-state index contributed by atoms with van der Waals surface area (Å²) in [5.74, 6) is 1.20. The van der Waals surface area contributed by atoms with E-state index in [0.717, 1.165) is 29.3 Å². The van der Waals surface area contributed by atoms with Gasteiger partial charge in [0.25, 0.3) is 0 Å². The molecule has 0 amide bonds. The number of aromatic hydroxyl groups is 1. The minimum Gasteiger partial charge on any atom is -0.508 e. The summed E-state index contributed by atoms with van der Waals surface area (Å²) in [5.41, 5.74) is 2.38. The molecule has 0 bridgehead atoms. The van der Waals surface area contributed by atoms with Gasteiger partial charge in [-0.15, -0.1) is 11.8 Å². The van der Waals surface area contributed by atoms with Crippen LogP contribution in [0.25, 0.3) is 0 Å². The highest BCUT2D eigenvalue weighted by molar-refractivity contribution is 7.98. The van der Waals surface area contributed by atoms with Gasteiger partial charge in [0.05, 0.1) is 5.69 Å². The van der Waals surface area contributed by atoms with Gasteiger partial charge in [0.2, 0.25) is 0 Å². The van der Waals surface area contributed by atoms with Crippen molar-refractivity contribution in [2.75, 3.05) is 0 Å². The van der Waals surface area contributed by atoms with Crippen molar-refractivity contribution in [2.24, 2.45) is 0 Å². The molecule has 0 saturated heterocycles. The lowest BCUT2D eigenvalue weighted by Gasteiger charge is -2.04. The van der Waals surface area contributed by atoms with E-state index in [-0.39, 0.29) is 0 Å². The third-order valence-corrected chi connectivity index (χ3v) is 3.81.